The Morgan fingerprint density at radius 3 is 1.85 bits per heavy atom. The number of thiophene rings is 4. The van der Waals surface area contributed by atoms with Crippen molar-refractivity contribution >= 4 is 89.6 Å². The molecule has 16 nitrogen and oxygen atoms in total. The van der Waals surface area contributed by atoms with Gasteiger partial charge >= 0.3 is 12.2 Å². The number of anilines is 2. The molecule has 6 heterocycles. The first kappa shape index (κ1) is 46.8. The molecule has 4 N–H and O–H groups in total. The lowest BCUT2D eigenvalue weighted by atomic mass is 10.1. The molecule has 0 unspecified atom stereocenters. The van der Waals surface area contributed by atoms with Crippen molar-refractivity contribution < 1.29 is 19.1 Å². The third-order valence-electron chi connectivity index (χ3n) is 8.15. The second kappa shape index (κ2) is 20.1. The number of nitrogens with two attached hydrogens (primary N) is 1. The Labute approximate surface area is 375 Å². The van der Waals surface area contributed by atoms with Crippen LogP contribution in [0.1, 0.15) is 97.7 Å². The van der Waals surface area contributed by atoms with Crippen LogP contribution >= 0.6 is 45.3 Å². The maximum atomic E-state index is 13.3. The van der Waals surface area contributed by atoms with Crippen LogP contribution in [0.25, 0.3) is 20.4 Å². The van der Waals surface area contributed by atoms with Crippen LogP contribution in [-0.4, -0.2) is 55.4 Å². The highest BCUT2D eigenvalue weighted by Gasteiger charge is 2.30. The Kier molecular flexibility index (Phi) is 15.2. The first-order valence-electron chi connectivity index (χ1n) is 19.1. The molecule has 2 amide bonds. The molecular weight excluding hydrogens is 865 g/mol. The second-order valence-corrected chi connectivity index (χ2v) is 20.2. The Hall–Kier alpha value is -6.26. The molecule has 0 fully saturated rings. The summed E-state index contributed by atoms with van der Waals surface area (Å²) in [4.78, 5) is 47.7. The highest BCUT2D eigenvalue weighted by molar-refractivity contribution is 7.20. The molecule has 0 aromatic carbocycles. The van der Waals surface area contributed by atoms with Crippen LogP contribution in [-0.2, 0) is 35.4 Å². The Morgan fingerprint density at radius 1 is 0.774 bits per heavy atom. The maximum Gasteiger partial charge on any atom is 0.416 e. The minimum Gasteiger partial charge on any atom is -0.444 e. The molecule has 20 heteroatoms. The van der Waals surface area contributed by atoms with Gasteiger partial charge in [-0.25, -0.2) is 24.5 Å². The zero-order chi connectivity index (χ0) is 45.4. The number of alkyl carbamates (subject to hydrolysis) is 1. The Balaban J connectivity index is 0.000000259. The van der Waals surface area contributed by atoms with Crippen LogP contribution in [0.4, 0.5) is 21.2 Å². The second-order valence-electron chi connectivity index (χ2n) is 15.9. The molecule has 62 heavy (non-hydrogen) atoms. The van der Waals surface area contributed by atoms with E-state index in [0.717, 1.165) is 19.3 Å². The maximum absolute atomic E-state index is 13.3. The summed E-state index contributed by atoms with van der Waals surface area (Å²) >= 11 is 5.82. The van der Waals surface area contributed by atoms with E-state index in [4.69, 9.17) is 15.2 Å². The largest absolute Gasteiger partial charge is 0.444 e. The fourth-order valence-electron chi connectivity index (χ4n) is 5.77. The number of hydrogen-bond acceptors (Lipinski definition) is 18. The lowest BCUT2D eigenvalue weighted by molar-refractivity contribution is 0.0506. The van der Waals surface area contributed by atoms with E-state index in [-0.39, 0.29) is 47.2 Å². The molecule has 6 aromatic heterocycles. The molecule has 0 spiro atoms. The predicted molar refractivity (Wildman–Crippen MR) is 242 cm³/mol. The van der Waals surface area contributed by atoms with Crippen molar-refractivity contribution in [3.05, 3.63) is 77.3 Å². The normalized spacial score (nSPS) is 12.1. The smallest absolute Gasteiger partial charge is 0.416 e. The average Bonchev–Trinajstić information content (AvgIpc) is 4.01. The lowest BCUT2D eigenvalue weighted by Gasteiger charge is -2.26. The molecule has 0 saturated heterocycles. The predicted octanol–water partition coefficient (Wildman–Crippen LogP) is 8.89. The Morgan fingerprint density at radius 2 is 1.32 bits per heavy atom. The van der Waals surface area contributed by atoms with Gasteiger partial charge < -0.3 is 25.8 Å². The topological polar surface area (TPSA) is 253 Å². The van der Waals surface area contributed by atoms with Crippen molar-refractivity contribution in [1.29, 1.82) is 21.0 Å². The van der Waals surface area contributed by atoms with Crippen LogP contribution in [0.2, 0.25) is 0 Å². The Bertz CT molecular complexity index is 2720. The van der Waals surface area contributed by atoms with Crippen LogP contribution in [0.3, 0.4) is 0 Å². The number of rotatable bonds is 11. The number of amides is 2. The monoisotopic (exact) mass is 908 g/mol. The van der Waals surface area contributed by atoms with Gasteiger partial charge in [-0.1, -0.05) is 12.1 Å². The standard InChI is InChI=1S/C26H30N6O4S2.C16H14N6S2/c1-15(29-23(33)35-25(2,3)4)11-18-17(12-27)20-21(38-18)22(31-19(13-28)30-20)32(14-16-9-8-10-37-16)24(34)36-26(5,6)7;1-9(19)5-12-11(6-17)14-15(24-12)16(22-13(7-18)21-14)20-8-10-3-2-4-23-10/h8-10,15H,11,14H2,1-7H3,(H,29,33);2-4,9H,5,8,19H2,1H3,(H,20,21,22)/t15-;9-/m00/s1. The summed E-state index contributed by atoms with van der Waals surface area (Å²) in [5, 5.41) is 48.3. The average molecular weight is 909 g/mol. The minimum absolute atomic E-state index is 0.0535. The van der Waals surface area contributed by atoms with Crippen molar-refractivity contribution in [2.24, 2.45) is 5.73 Å². The first-order valence-corrected chi connectivity index (χ1v) is 22.5. The van der Waals surface area contributed by atoms with Crippen molar-refractivity contribution in [1.82, 2.24) is 25.3 Å². The van der Waals surface area contributed by atoms with Crippen LogP contribution in [0.5, 0.6) is 0 Å². The van der Waals surface area contributed by atoms with E-state index >= 15 is 0 Å². The van der Waals surface area contributed by atoms with Gasteiger partial charge in [-0.3, -0.25) is 4.90 Å². The fourth-order valence-corrected chi connectivity index (χ4v) is 9.72. The van der Waals surface area contributed by atoms with Crippen molar-refractivity contribution in [2.75, 3.05) is 10.2 Å². The number of carbonyl (C=O) groups is 2. The molecule has 0 saturated carbocycles. The number of aromatic nitrogens is 4. The van der Waals surface area contributed by atoms with Gasteiger partial charge in [0.05, 0.1) is 33.6 Å². The molecule has 0 aliphatic rings. The van der Waals surface area contributed by atoms with E-state index < -0.39 is 23.4 Å². The number of ether oxygens (including phenoxy) is 2. The summed E-state index contributed by atoms with van der Waals surface area (Å²) in [6.07, 6.45) is -0.301. The van der Waals surface area contributed by atoms with Crippen LogP contribution in [0, 0.1) is 45.3 Å². The number of nitrogens with zero attached hydrogens (tertiary/aromatic N) is 9. The van der Waals surface area contributed by atoms with Crippen molar-refractivity contribution in [3.8, 4) is 24.3 Å². The summed E-state index contributed by atoms with van der Waals surface area (Å²) in [6, 6.07) is 15.6. The summed E-state index contributed by atoms with van der Waals surface area (Å²) in [7, 11) is 0. The van der Waals surface area contributed by atoms with Crippen LogP contribution < -0.4 is 21.3 Å². The van der Waals surface area contributed by atoms with E-state index in [1.165, 1.54) is 38.9 Å². The number of hydrogen-bond donors (Lipinski definition) is 3. The molecule has 0 bridgehead atoms. The fraction of sp³-hybridized carbons (Fsp3) is 0.381. The van der Waals surface area contributed by atoms with Gasteiger partial charge in [-0.15, -0.1) is 45.3 Å². The molecule has 0 radical (unpaired) electrons. The lowest BCUT2D eigenvalue weighted by Crippen LogP contribution is -2.38. The highest BCUT2D eigenvalue weighted by Crippen LogP contribution is 2.38. The zero-order valence-corrected chi connectivity index (χ0v) is 38.6. The van der Waals surface area contributed by atoms with E-state index in [9.17, 15) is 30.6 Å². The van der Waals surface area contributed by atoms with Gasteiger partial charge in [0.25, 0.3) is 0 Å². The SMILES string of the molecule is C[C@@H](Cc1sc2c(N(Cc3cccs3)C(=O)OC(C)(C)C)nc(C#N)nc2c1C#N)NC(=O)OC(C)(C)C.C[C@H](N)Cc1sc2c(NCc3cccs3)nc(C#N)nc2c1C#N. The number of nitrogens with one attached hydrogen (secondary N) is 2. The molecule has 2 atom stereocenters. The summed E-state index contributed by atoms with van der Waals surface area (Å²) in [5.41, 5.74) is 6.03. The van der Waals surface area contributed by atoms with Gasteiger partial charge in [0.15, 0.2) is 5.82 Å². The van der Waals surface area contributed by atoms with E-state index in [0.29, 0.717) is 45.9 Å². The number of fused-ring (bicyclic) bond motifs is 2. The molecule has 6 aromatic rings. The third-order valence-corrected chi connectivity index (χ3v) is 12.3. The van der Waals surface area contributed by atoms with E-state index in [2.05, 4.69) is 42.7 Å². The van der Waals surface area contributed by atoms with Gasteiger partial charge in [0.2, 0.25) is 11.6 Å². The number of carbonyl (C=O) groups excluding carboxylic acids is 2. The summed E-state index contributed by atoms with van der Waals surface area (Å²) in [6.45, 7) is 15.1. The van der Waals surface area contributed by atoms with Crippen LogP contribution in [0.15, 0.2) is 35.0 Å². The minimum atomic E-state index is -0.768. The van der Waals surface area contributed by atoms with E-state index in [1.807, 2.05) is 54.1 Å². The molecule has 320 valence electrons. The van der Waals surface area contributed by atoms with E-state index in [1.54, 1.807) is 59.8 Å². The first-order chi connectivity index (χ1) is 29.3. The summed E-state index contributed by atoms with van der Waals surface area (Å²) in [5.74, 6) is 0.655. The van der Waals surface area contributed by atoms with Gasteiger partial charge in [-0.2, -0.15) is 26.0 Å². The molecule has 0 aliphatic heterocycles. The molecule has 0 aliphatic carbocycles. The highest BCUT2D eigenvalue weighted by atomic mass is 32.1. The van der Waals surface area contributed by atoms with Gasteiger partial charge in [0.1, 0.15) is 52.3 Å². The van der Waals surface area contributed by atoms with Crippen molar-refractivity contribution in [2.45, 2.75) is 105 Å². The molecular formula is C42H44N12O4S4. The quantitative estimate of drug-likeness (QED) is 0.110. The number of nitriles is 4. The van der Waals surface area contributed by atoms with Gasteiger partial charge in [0, 0.05) is 38.0 Å². The molecule has 6 rings (SSSR count). The third kappa shape index (κ3) is 12.2. The van der Waals surface area contributed by atoms with Gasteiger partial charge in [-0.05, 0) is 84.7 Å². The summed E-state index contributed by atoms with van der Waals surface area (Å²) < 4.78 is 12.3. The van der Waals surface area contributed by atoms with Crippen molar-refractivity contribution in [3.63, 3.8) is 0 Å². The zero-order valence-electron chi connectivity index (χ0n) is 35.3.